The fourth-order valence-electron chi connectivity index (χ4n) is 5.67. The maximum atomic E-state index is 12.7. The molecule has 0 radical (unpaired) electrons. The predicted octanol–water partition coefficient (Wildman–Crippen LogP) is 6.14. The van der Waals surface area contributed by atoms with Gasteiger partial charge in [0.15, 0.2) is 0 Å². The van der Waals surface area contributed by atoms with E-state index in [9.17, 15) is 4.79 Å². The van der Waals surface area contributed by atoms with Gasteiger partial charge in [0, 0.05) is 25.2 Å². The largest absolute Gasteiger partial charge is 0.489 e. The highest BCUT2D eigenvalue weighted by atomic mass is 127. The van der Waals surface area contributed by atoms with Crippen molar-refractivity contribution < 1.29 is 9.53 Å². The quantitative estimate of drug-likeness (QED) is 0.218. The fraction of sp³-hybridized carbons (Fsp3) is 0.406. The number of piperidine rings is 1. The average molecular weight is 624 g/mol. The third-order valence-corrected chi connectivity index (χ3v) is 8.54. The molecular weight excluding hydrogens is 585 g/mol. The molecule has 2 fully saturated rings. The summed E-state index contributed by atoms with van der Waals surface area (Å²) in [5.74, 6) is 0.870. The highest BCUT2D eigenvalue weighted by Gasteiger charge is 2.28. The first-order valence-corrected chi connectivity index (χ1v) is 15.1. The van der Waals surface area contributed by atoms with E-state index in [4.69, 9.17) is 4.74 Å². The van der Waals surface area contributed by atoms with E-state index < -0.39 is 0 Å². The molecule has 5 nitrogen and oxygen atoms in total. The van der Waals surface area contributed by atoms with Gasteiger partial charge in [0.1, 0.15) is 11.9 Å². The molecule has 0 saturated carbocycles. The van der Waals surface area contributed by atoms with Gasteiger partial charge in [-0.2, -0.15) is 0 Å². The summed E-state index contributed by atoms with van der Waals surface area (Å²) in [6, 6.07) is 27.6. The molecule has 2 aliphatic rings. The molecule has 3 aromatic rings. The van der Waals surface area contributed by atoms with Crippen molar-refractivity contribution in [2.45, 2.75) is 44.2 Å². The molecule has 200 valence electrons. The lowest BCUT2D eigenvalue weighted by Gasteiger charge is -2.38. The van der Waals surface area contributed by atoms with Crippen molar-refractivity contribution in [2.75, 3.05) is 39.3 Å². The van der Waals surface area contributed by atoms with Gasteiger partial charge in [-0.15, -0.1) is 0 Å². The van der Waals surface area contributed by atoms with Crippen molar-refractivity contribution in [1.29, 1.82) is 0 Å². The molecule has 2 aliphatic heterocycles. The van der Waals surface area contributed by atoms with Crippen LogP contribution in [0.15, 0.2) is 78.9 Å². The number of nitrogens with one attached hydrogen (secondary N) is 1. The second-order valence-electron chi connectivity index (χ2n) is 10.4. The topological polar surface area (TPSA) is 44.8 Å². The minimum Gasteiger partial charge on any atom is -0.489 e. The first kappa shape index (κ1) is 27.2. The molecule has 0 spiro atoms. The number of carbonyl (C=O) groups excluding carboxylic acids is 1. The number of hydrogen-bond acceptors (Lipinski definition) is 4. The monoisotopic (exact) mass is 623 g/mol. The van der Waals surface area contributed by atoms with E-state index in [1.807, 2.05) is 18.2 Å². The lowest BCUT2D eigenvalue weighted by molar-refractivity contribution is 0.0841. The third kappa shape index (κ3) is 7.16. The van der Waals surface area contributed by atoms with Gasteiger partial charge < -0.3 is 15.0 Å². The summed E-state index contributed by atoms with van der Waals surface area (Å²) in [5.41, 5.74) is 3.36. The van der Waals surface area contributed by atoms with Crippen LogP contribution in [0.4, 0.5) is 0 Å². The van der Waals surface area contributed by atoms with Crippen LogP contribution in [-0.2, 0) is 0 Å². The van der Waals surface area contributed by atoms with Crippen LogP contribution >= 0.6 is 22.6 Å². The Balaban J connectivity index is 1.13. The maximum Gasteiger partial charge on any atom is 0.251 e. The van der Waals surface area contributed by atoms with E-state index >= 15 is 0 Å². The van der Waals surface area contributed by atoms with E-state index in [1.54, 1.807) is 0 Å². The van der Waals surface area contributed by atoms with Crippen LogP contribution in [-0.4, -0.2) is 61.1 Å². The highest BCUT2D eigenvalue weighted by Crippen LogP contribution is 2.32. The molecule has 3 aromatic carbocycles. The second kappa shape index (κ2) is 13.6. The zero-order valence-electron chi connectivity index (χ0n) is 22.0. The fourth-order valence-corrected chi connectivity index (χ4v) is 6.31. The van der Waals surface area contributed by atoms with Crippen LogP contribution in [0.25, 0.3) is 0 Å². The maximum absolute atomic E-state index is 12.7. The van der Waals surface area contributed by atoms with E-state index in [-0.39, 0.29) is 18.1 Å². The van der Waals surface area contributed by atoms with Crippen LogP contribution in [0, 0.1) is 3.57 Å². The number of amides is 1. The number of benzene rings is 3. The van der Waals surface area contributed by atoms with E-state index in [2.05, 4.69) is 98.4 Å². The molecule has 1 N–H and O–H groups in total. The molecule has 0 unspecified atom stereocenters. The molecule has 2 heterocycles. The zero-order valence-corrected chi connectivity index (χ0v) is 24.2. The number of likely N-dealkylation sites (tertiary alicyclic amines) is 2. The molecule has 6 heteroatoms. The van der Waals surface area contributed by atoms with Crippen molar-refractivity contribution in [2.24, 2.45) is 0 Å². The van der Waals surface area contributed by atoms with Crippen molar-refractivity contribution in [3.05, 3.63) is 99.1 Å². The molecule has 0 atom stereocenters. The predicted molar refractivity (Wildman–Crippen MR) is 162 cm³/mol. The molecule has 0 aromatic heterocycles. The minimum absolute atomic E-state index is 0.00272. The van der Waals surface area contributed by atoms with Crippen molar-refractivity contribution in [3.8, 4) is 5.75 Å². The zero-order chi connectivity index (χ0) is 26.2. The number of halogens is 1. The summed E-state index contributed by atoms with van der Waals surface area (Å²) in [6.45, 7) is 6.15. The summed E-state index contributed by atoms with van der Waals surface area (Å²) >= 11 is 2.29. The SMILES string of the molecule is O=C(NCCCN1CCCC1)c1ccc(OC2CCN(C(c3ccccc3)c3ccccc3)CC2)c(I)c1. The van der Waals surface area contributed by atoms with Gasteiger partial charge in [0.05, 0.1) is 9.61 Å². The Morgan fingerprint density at radius 3 is 2.13 bits per heavy atom. The number of nitrogens with zero attached hydrogens (tertiary/aromatic N) is 2. The van der Waals surface area contributed by atoms with Gasteiger partial charge in [0.25, 0.3) is 5.91 Å². The summed E-state index contributed by atoms with van der Waals surface area (Å²) in [6.07, 6.45) is 5.74. The number of rotatable bonds is 10. The molecule has 1 amide bonds. The summed E-state index contributed by atoms with van der Waals surface area (Å²) in [4.78, 5) is 17.7. The van der Waals surface area contributed by atoms with Crippen LogP contribution in [0.2, 0.25) is 0 Å². The number of carbonyl (C=O) groups is 1. The molecule has 2 saturated heterocycles. The standard InChI is InChI=1S/C32H38IN3O2/c33-29-24-27(32(37)34-18-9-21-35-19-7-8-20-35)14-15-30(29)38-28-16-22-36(23-17-28)31(25-10-3-1-4-11-25)26-12-5-2-6-13-26/h1-6,10-15,24,28,31H,7-9,16-23H2,(H,34,37). The Morgan fingerprint density at radius 1 is 0.895 bits per heavy atom. The van der Waals surface area contributed by atoms with E-state index in [0.717, 1.165) is 54.8 Å². The van der Waals surface area contributed by atoms with Crippen LogP contribution in [0.5, 0.6) is 5.75 Å². The molecule has 0 aliphatic carbocycles. The van der Waals surface area contributed by atoms with Crippen molar-refractivity contribution >= 4 is 28.5 Å². The average Bonchev–Trinajstić information content (AvgIpc) is 3.48. The van der Waals surface area contributed by atoms with E-state index in [0.29, 0.717) is 5.56 Å². The van der Waals surface area contributed by atoms with Gasteiger partial charge in [-0.1, -0.05) is 60.7 Å². The normalized spacial score (nSPS) is 17.1. The molecule has 5 rings (SSSR count). The van der Waals surface area contributed by atoms with Gasteiger partial charge in [-0.05, 0) is 104 Å². The summed E-state index contributed by atoms with van der Waals surface area (Å²) in [7, 11) is 0. The molecule has 0 bridgehead atoms. The van der Waals surface area contributed by atoms with Crippen molar-refractivity contribution in [1.82, 2.24) is 15.1 Å². The highest BCUT2D eigenvalue weighted by molar-refractivity contribution is 14.1. The second-order valence-corrected chi connectivity index (χ2v) is 11.5. The van der Waals surface area contributed by atoms with Gasteiger partial charge in [-0.25, -0.2) is 0 Å². The lowest BCUT2D eigenvalue weighted by Crippen LogP contribution is -2.40. The Labute approximate surface area is 240 Å². The Kier molecular flexibility index (Phi) is 9.71. The Hall–Kier alpha value is -2.42. The van der Waals surface area contributed by atoms with Gasteiger partial charge >= 0.3 is 0 Å². The Bertz CT molecular complexity index is 1120. The third-order valence-electron chi connectivity index (χ3n) is 7.70. The van der Waals surface area contributed by atoms with Gasteiger partial charge in [0.2, 0.25) is 0 Å². The smallest absolute Gasteiger partial charge is 0.251 e. The first-order chi connectivity index (χ1) is 18.7. The molecule has 38 heavy (non-hydrogen) atoms. The molecular formula is C32H38IN3O2. The van der Waals surface area contributed by atoms with Crippen LogP contribution in [0.1, 0.15) is 59.6 Å². The minimum atomic E-state index is -0.00272. The number of ether oxygens (including phenoxy) is 1. The first-order valence-electron chi connectivity index (χ1n) is 14.0. The number of hydrogen-bond donors (Lipinski definition) is 1. The summed E-state index contributed by atoms with van der Waals surface area (Å²) in [5, 5.41) is 3.08. The van der Waals surface area contributed by atoms with Crippen molar-refractivity contribution in [3.63, 3.8) is 0 Å². The van der Waals surface area contributed by atoms with E-state index in [1.165, 1.54) is 37.1 Å². The van der Waals surface area contributed by atoms with Gasteiger partial charge in [-0.3, -0.25) is 9.69 Å². The summed E-state index contributed by atoms with van der Waals surface area (Å²) < 4.78 is 7.43. The Morgan fingerprint density at radius 2 is 1.53 bits per heavy atom. The van der Waals surface area contributed by atoms with Crippen LogP contribution in [0.3, 0.4) is 0 Å². The lowest BCUT2D eigenvalue weighted by atomic mass is 9.94. The van der Waals surface area contributed by atoms with Crippen LogP contribution < -0.4 is 10.1 Å².